The van der Waals surface area contributed by atoms with E-state index in [9.17, 15) is 22.8 Å². The molecule has 0 aromatic heterocycles. The van der Waals surface area contributed by atoms with Crippen molar-refractivity contribution in [2.75, 3.05) is 34.4 Å². The first-order valence-corrected chi connectivity index (χ1v) is 10.6. The summed E-state index contributed by atoms with van der Waals surface area (Å²) in [7, 11) is 4.43. The monoisotopic (exact) mass is 500 g/mol. The average Bonchev–Trinajstić information content (AvgIpc) is 2.93. The molecule has 1 unspecified atom stereocenters. The summed E-state index contributed by atoms with van der Waals surface area (Å²) in [4.78, 5) is 26.8. The average molecular weight is 501 g/mol. The highest BCUT2D eigenvalue weighted by molar-refractivity contribution is 6.31. The van der Waals surface area contributed by atoms with E-state index < -0.39 is 28.6 Å². The summed E-state index contributed by atoms with van der Waals surface area (Å²) in [5.74, 6) is -0.189. The Kier molecular flexibility index (Phi) is 7.81. The summed E-state index contributed by atoms with van der Waals surface area (Å²) >= 11 is 5.70. The summed E-state index contributed by atoms with van der Waals surface area (Å²) in [6.45, 7) is -0.174. The standard InChI is InChI=1S/C23H24ClF3N2O5/c1-32-15-8-19(33-2)16(20(9-15)34-3)12-29-11-14(22(31)28-10-21(29)30)6-13-4-5-18(24)17(7-13)23(25,26)27/h4-5,7-9,14H,6,10-12H2,1-3H3,(H,28,31). The summed E-state index contributed by atoms with van der Waals surface area (Å²) in [6.07, 6.45) is -4.63. The number of methoxy groups -OCH3 is 3. The number of benzene rings is 2. The first-order chi connectivity index (χ1) is 16.1. The number of hydrogen-bond donors (Lipinski definition) is 1. The third-order valence-electron chi connectivity index (χ3n) is 5.56. The van der Waals surface area contributed by atoms with Gasteiger partial charge in [0.25, 0.3) is 0 Å². The Labute approximate surface area is 199 Å². The van der Waals surface area contributed by atoms with Gasteiger partial charge in [0.2, 0.25) is 11.8 Å². The van der Waals surface area contributed by atoms with Crippen molar-refractivity contribution < 1.29 is 37.0 Å². The maximum absolute atomic E-state index is 13.3. The lowest BCUT2D eigenvalue weighted by atomic mass is 9.96. The lowest BCUT2D eigenvalue weighted by Crippen LogP contribution is -2.35. The van der Waals surface area contributed by atoms with Crippen LogP contribution in [0.4, 0.5) is 13.2 Å². The highest BCUT2D eigenvalue weighted by atomic mass is 35.5. The second-order valence-corrected chi connectivity index (χ2v) is 8.12. The first-order valence-electron chi connectivity index (χ1n) is 10.3. The molecule has 1 saturated heterocycles. The van der Waals surface area contributed by atoms with Crippen molar-refractivity contribution >= 4 is 23.4 Å². The minimum absolute atomic E-state index is 0.00696. The fourth-order valence-corrected chi connectivity index (χ4v) is 4.03. The van der Waals surface area contributed by atoms with Gasteiger partial charge in [0.15, 0.2) is 0 Å². The van der Waals surface area contributed by atoms with E-state index >= 15 is 0 Å². The Hall–Kier alpha value is -3.14. The van der Waals surface area contributed by atoms with Gasteiger partial charge in [-0.15, -0.1) is 0 Å². The van der Waals surface area contributed by atoms with Gasteiger partial charge in [0.05, 0.1) is 56.5 Å². The molecule has 0 radical (unpaired) electrons. The molecule has 0 bridgehead atoms. The van der Waals surface area contributed by atoms with E-state index in [-0.39, 0.29) is 37.5 Å². The molecule has 1 fully saturated rings. The number of ether oxygens (including phenoxy) is 3. The normalized spacial score (nSPS) is 16.7. The molecule has 2 amide bonds. The molecular weight excluding hydrogens is 477 g/mol. The lowest BCUT2D eigenvalue weighted by molar-refractivity contribution is -0.137. The van der Waals surface area contributed by atoms with E-state index in [1.807, 2.05) is 0 Å². The van der Waals surface area contributed by atoms with Crippen LogP contribution in [0.25, 0.3) is 0 Å². The van der Waals surface area contributed by atoms with E-state index in [4.69, 9.17) is 25.8 Å². The fraction of sp³-hybridized carbons (Fsp3) is 0.391. The molecule has 1 heterocycles. The van der Waals surface area contributed by atoms with Crippen molar-refractivity contribution in [3.05, 3.63) is 52.0 Å². The Balaban J connectivity index is 1.89. The van der Waals surface area contributed by atoms with E-state index in [2.05, 4.69) is 5.32 Å². The predicted octanol–water partition coefficient (Wildman–Crippen LogP) is 3.70. The van der Waals surface area contributed by atoms with Crippen LogP contribution >= 0.6 is 11.6 Å². The van der Waals surface area contributed by atoms with Gasteiger partial charge in [-0.05, 0) is 24.1 Å². The van der Waals surface area contributed by atoms with Crippen molar-refractivity contribution in [3.8, 4) is 17.2 Å². The van der Waals surface area contributed by atoms with Gasteiger partial charge in [-0.25, -0.2) is 0 Å². The van der Waals surface area contributed by atoms with E-state index in [1.54, 1.807) is 12.1 Å². The maximum atomic E-state index is 13.3. The van der Waals surface area contributed by atoms with E-state index in [0.29, 0.717) is 22.8 Å². The minimum atomic E-state index is -4.62. The molecule has 1 N–H and O–H groups in total. The molecule has 0 spiro atoms. The zero-order valence-corrected chi connectivity index (χ0v) is 19.5. The summed E-state index contributed by atoms with van der Waals surface area (Å²) in [5.41, 5.74) is -0.120. The van der Waals surface area contributed by atoms with Crippen molar-refractivity contribution in [1.29, 1.82) is 0 Å². The molecule has 0 saturated carbocycles. The SMILES string of the molecule is COc1cc(OC)c(CN2CC(Cc3ccc(Cl)c(C(F)(F)F)c3)C(=O)NCC2=O)c(OC)c1. The zero-order valence-electron chi connectivity index (χ0n) is 18.8. The van der Waals surface area contributed by atoms with Crippen LogP contribution in [0.2, 0.25) is 5.02 Å². The number of carbonyl (C=O) groups excluding carboxylic acids is 2. The number of hydrogen-bond acceptors (Lipinski definition) is 5. The van der Waals surface area contributed by atoms with Gasteiger partial charge >= 0.3 is 6.18 Å². The van der Waals surface area contributed by atoms with E-state index in [1.165, 1.54) is 32.3 Å². The van der Waals surface area contributed by atoms with Gasteiger partial charge in [-0.2, -0.15) is 13.2 Å². The van der Waals surface area contributed by atoms with Gasteiger partial charge in [-0.1, -0.05) is 17.7 Å². The zero-order chi connectivity index (χ0) is 25.0. The Morgan fingerprint density at radius 2 is 1.71 bits per heavy atom. The third-order valence-corrected chi connectivity index (χ3v) is 5.89. The second-order valence-electron chi connectivity index (χ2n) is 7.72. The number of alkyl halides is 3. The number of rotatable bonds is 7. The largest absolute Gasteiger partial charge is 0.496 e. The lowest BCUT2D eigenvalue weighted by Gasteiger charge is -2.25. The fourth-order valence-electron chi connectivity index (χ4n) is 3.81. The second kappa shape index (κ2) is 10.4. The molecule has 34 heavy (non-hydrogen) atoms. The molecule has 11 heteroatoms. The predicted molar refractivity (Wildman–Crippen MR) is 118 cm³/mol. The summed E-state index contributed by atoms with van der Waals surface area (Å²) in [5, 5.41) is 2.13. The van der Waals surface area contributed by atoms with Crippen LogP contribution < -0.4 is 19.5 Å². The Morgan fingerprint density at radius 1 is 1.06 bits per heavy atom. The molecule has 2 aromatic carbocycles. The molecule has 7 nitrogen and oxygen atoms in total. The number of nitrogens with one attached hydrogen (secondary N) is 1. The molecular formula is C23H24ClF3N2O5. The van der Waals surface area contributed by atoms with Crippen LogP contribution in [0.15, 0.2) is 30.3 Å². The summed E-state index contributed by atoms with van der Waals surface area (Å²) in [6, 6.07) is 6.82. The van der Waals surface area contributed by atoms with Gasteiger partial charge in [0, 0.05) is 18.7 Å². The van der Waals surface area contributed by atoms with Crippen molar-refractivity contribution in [2.24, 2.45) is 5.92 Å². The van der Waals surface area contributed by atoms with Crippen LogP contribution in [-0.2, 0) is 28.7 Å². The topological polar surface area (TPSA) is 77.1 Å². The molecule has 3 rings (SSSR count). The third kappa shape index (κ3) is 5.67. The molecule has 1 aliphatic rings. The molecule has 184 valence electrons. The molecule has 0 aliphatic carbocycles. The quantitative estimate of drug-likeness (QED) is 0.627. The van der Waals surface area contributed by atoms with Gasteiger partial charge < -0.3 is 24.4 Å². The van der Waals surface area contributed by atoms with Crippen molar-refractivity contribution in [1.82, 2.24) is 10.2 Å². The molecule has 2 aromatic rings. The molecule has 1 atom stereocenters. The number of halogens is 4. The highest BCUT2D eigenvalue weighted by Crippen LogP contribution is 2.37. The van der Waals surface area contributed by atoms with Gasteiger partial charge in [0.1, 0.15) is 17.2 Å². The van der Waals surface area contributed by atoms with Crippen LogP contribution in [-0.4, -0.2) is 51.1 Å². The number of amides is 2. The molecule has 1 aliphatic heterocycles. The Morgan fingerprint density at radius 3 is 2.26 bits per heavy atom. The van der Waals surface area contributed by atoms with Crippen LogP contribution in [0.5, 0.6) is 17.2 Å². The van der Waals surface area contributed by atoms with Crippen molar-refractivity contribution in [2.45, 2.75) is 19.1 Å². The minimum Gasteiger partial charge on any atom is -0.496 e. The smallest absolute Gasteiger partial charge is 0.417 e. The first kappa shape index (κ1) is 25.5. The van der Waals surface area contributed by atoms with Crippen LogP contribution in [0.1, 0.15) is 16.7 Å². The highest BCUT2D eigenvalue weighted by Gasteiger charge is 2.35. The van der Waals surface area contributed by atoms with Crippen LogP contribution in [0.3, 0.4) is 0 Å². The van der Waals surface area contributed by atoms with Gasteiger partial charge in [-0.3, -0.25) is 9.59 Å². The van der Waals surface area contributed by atoms with Crippen LogP contribution in [0, 0.1) is 5.92 Å². The maximum Gasteiger partial charge on any atom is 0.417 e. The summed E-state index contributed by atoms with van der Waals surface area (Å²) < 4.78 is 55.9. The Bertz CT molecular complexity index is 1050. The number of carbonyl (C=O) groups is 2. The number of nitrogens with zero attached hydrogens (tertiary/aromatic N) is 1. The van der Waals surface area contributed by atoms with E-state index in [0.717, 1.165) is 12.1 Å². The van der Waals surface area contributed by atoms with Crippen molar-refractivity contribution in [3.63, 3.8) is 0 Å².